The van der Waals surface area contributed by atoms with Crippen LogP contribution in [0.2, 0.25) is 0 Å². The lowest BCUT2D eigenvalue weighted by molar-refractivity contribution is -0.129. The van der Waals surface area contributed by atoms with E-state index in [-0.39, 0.29) is 11.9 Å². The predicted molar refractivity (Wildman–Crippen MR) is 92.0 cm³/mol. The van der Waals surface area contributed by atoms with Crippen molar-refractivity contribution < 1.29 is 14.3 Å². The summed E-state index contributed by atoms with van der Waals surface area (Å²) in [5.41, 5.74) is 1.17. The summed E-state index contributed by atoms with van der Waals surface area (Å²) in [6, 6.07) is 4.68. The van der Waals surface area contributed by atoms with Gasteiger partial charge in [0.15, 0.2) is 11.5 Å². The predicted octanol–water partition coefficient (Wildman–Crippen LogP) is 2.88. The number of nitrogens with zero attached hydrogens (tertiary/aromatic N) is 1. The molecule has 0 aromatic heterocycles. The van der Waals surface area contributed by atoms with Gasteiger partial charge in [-0.25, -0.2) is 0 Å². The van der Waals surface area contributed by atoms with E-state index in [0.717, 1.165) is 41.9 Å². The molecule has 1 atom stereocenters. The zero-order valence-electron chi connectivity index (χ0n) is 13.6. The van der Waals surface area contributed by atoms with Gasteiger partial charge in [0.05, 0.1) is 0 Å². The van der Waals surface area contributed by atoms with Crippen molar-refractivity contribution in [3.63, 3.8) is 0 Å². The number of nitrogens with one attached hydrogen (secondary N) is 1. The van der Waals surface area contributed by atoms with Crippen molar-refractivity contribution in [2.75, 3.05) is 26.3 Å². The molecule has 6 heteroatoms. The third-order valence-corrected chi connectivity index (χ3v) is 5.24. The maximum Gasteiger partial charge on any atom is 0.219 e. The summed E-state index contributed by atoms with van der Waals surface area (Å²) in [5.74, 6) is 1.79. The molecule has 1 fully saturated rings. The fraction of sp³-hybridized carbons (Fsp3) is 0.588. The van der Waals surface area contributed by atoms with Gasteiger partial charge in [-0.1, -0.05) is 15.9 Å². The summed E-state index contributed by atoms with van der Waals surface area (Å²) in [5, 5.41) is 3.68. The van der Waals surface area contributed by atoms with Gasteiger partial charge in [-0.3, -0.25) is 4.79 Å². The summed E-state index contributed by atoms with van der Waals surface area (Å²) in [4.78, 5) is 13.3. The third kappa shape index (κ3) is 3.80. The second kappa shape index (κ2) is 7.09. The Kier molecular flexibility index (Phi) is 5.11. The second-order valence-electron chi connectivity index (χ2n) is 6.19. The lowest BCUT2D eigenvalue weighted by Crippen LogP contribution is -2.44. The van der Waals surface area contributed by atoms with E-state index in [0.29, 0.717) is 19.3 Å². The van der Waals surface area contributed by atoms with Crippen LogP contribution in [-0.4, -0.2) is 43.2 Å². The first-order valence-corrected chi connectivity index (χ1v) is 8.94. The highest BCUT2D eigenvalue weighted by Gasteiger charge is 2.24. The smallest absolute Gasteiger partial charge is 0.219 e. The van der Waals surface area contributed by atoms with Crippen LogP contribution in [0.5, 0.6) is 11.5 Å². The van der Waals surface area contributed by atoms with Crippen LogP contribution in [-0.2, 0) is 4.79 Å². The topological polar surface area (TPSA) is 50.8 Å². The number of piperidine rings is 1. The molecule has 1 saturated heterocycles. The number of ether oxygens (including phenoxy) is 2. The van der Waals surface area contributed by atoms with Crippen LogP contribution >= 0.6 is 15.9 Å². The van der Waals surface area contributed by atoms with E-state index in [2.05, 4.69) is 34.2 Å². The van der Waals surface area contributed by atoms with Gasteiger partial charge in [-0.15, -0.1) is 0 Å². The number of halogens is 1. The Balaban J connectivity index is 1.64. The first-order valence-electron chi connectivity index (χ1n) is 8.15. The Labute approximate surface area is 145 Å². The molecular formula is C17H23BrN2O3. The summed E-state index contributed by atoms with van der Waals surface area (Å²) < 4.78 is 12.3. The molecule has 1 unspecified atom stereocenters. The van der Waals surface area contributed by atoms with E-state index in [9.17, 15) is 4.79 Å². The van der Waals surface area contributed by atoms with Crippen molar-refractivity contribution in [3.05, 3.63) is 22.2 Å². The van der Waals surface area contributed by atoms with E-state index in [1.165, 1.54) is 5.56 Å². The van der Waals surface area contributed by atoms with E-state index in [4.69, 9.17) is 9.47 Å². The number of likely N-dealkylation sites (tertiary alicyclic amines) is 1. The fourth-order valence-electron chi connectivity index (χ4n) is 3.22. The van der Waals surface area contributed by atoms with E-state index >= 15 is 0 Å². The fourth-order valence-corrected chi connectivity index (χ4v) is 3.88. The molecule has 2 aliphatic rings. The number of carbonyl (C=O) groups excluding carboxylic acids is 1. The molecule has 1 aromatic rings. The normalized spacial score (nSPS) is 19.5. The van der Waals surface area contributed by atoms with Gasteiger partial charge < -0.3 is 19.7 Å². The van der Waals surface area contributed by atoms with Crippen molar-refractivity contribution in [2.45, 2.75) is 38.8 Å². The number of benzene rings is 1. The lowest BCUT2D eigenvalue weighted by Gasteiger charge is -2.33. The molecule has 0 saturated carbocycles. The van der Waals surface area contributed by atoms with E-state index < -0.39 is 0 Å². The van der Waals surface area contributed by atoms with Crippen molar-refractivity contribution in [1.82, 2.24) is 10.2 Å². The molecule has 2 aliphatic heterocycles. The molecule has 0 spiro atoms. The highest BCUT2D eigenvalue weighted by molar-refractivity contribution is 9.10. The molecule has 1 N–H and O–H groups in total. The standard InChI is InChI=1S/C17H23BrN2O3/c1-11(19-13-3-5-20(6-4-13)12(2)21)14-9-16-17(10-15(14)18)23-8-7-22-16/h9-11,13,19H,3-8H2,1-2H3. The Hall–Kier alpha value is -1.27. The van der Waals surface area contributed by atoms with E-state index in [1.54, 1.807) is 6.92 Å². The van der Waals surface area contributed by atoms with Crippen LogP contribution in [0, 0.1) is 0 Å². The van der Waals surface area contributed by atoms with Gasteiger partial charge in [-0.05, 0) is 37.5 Å². The summed E-state index contributed by atoms with van der Waals surface area (Å²) in [6.45, 7) is 6.67. The third-order valence-electron chi connectivity index (χ3n) is 4.55. The van der Waals surface area contributed by atoms with Gasteiger partial charge >= 0.3 is 0 Å². The quantitative estimate of drug-likeness (QED) is 0.872. The summed E-state index contributed by atoms with van der Waals surface area (Å²) >= 11 is 3.64. The van der Waals surface area contributed by atoms with Gasteiger partial charge in [0.2, 0.25) is 5.91 Å². The van der Waals surface area contributed by atoms with Crippen LogP contribution in [0.3, 0.4) is 0 Å². The molecule has 126 valence electrons. The molecule has 3 rings (SSSR count). The van der Waals surface area contributed by atoms with Gasteiger partial charge in [0, 0.05) is 36.6 Å². The van der Waals surface area contributed by atoms with Crippen LogP contribution in [0.4, 0.5) is 0 Å². The van der Waals surface area contributed by atoms with Crippen LogP contribution in [0.25, 0.3) is 0 Å². The van der Waals surface area contributed by atoms with Crippen molar-refractivity contribution in [2.24, 2.45) is 0 Å². The van der Waals surface area contributed by atoms with Gasteiger partial charge in [-0.2, -0.15) is 0 Å². The average Bonchev–Trinajstić information content (AvgIpc) is 2.54. The zero-order valence-corrected chi connectivity index (χ0v) is 15.2. The molecule has 1 aromatic carbocycles. The van der Waals surface area contributed by atoms with Crippen LogP contribution < -0.4 is 14.8 Å². The molecule has 23 heavy (non-hydrogen) atoms. The number of fused-ring (bicyclic) bond motifs is 1. The molecule has 5 nitrogen and oxygen atoms in total. The minimum Gasteiger partial charge on any atom is -0.486 e. The Bertz CT molecular complexity index is 585. The number of hydrogen-bond donors (Lipinski definition) is 1. The first kappa shape index (κ1) is 16.6. The Morgan fingerprint density at radius 2 is 1.87 bits per heavy atom. The van der Waals surface area contributed by atoms with E-state index in [1.807, 2.05) is 11.0 Å². The van der Waals surface area contributed by atoms with Crippen molar-refractivity contribution in [3.8, 4) is 11.5 Å². The minimum atomic E-state index is 0.172. The second-order valence-corrected chi connectivity index (χ2v) is 7.04. The molecule has 0 aliphatic carbocycles. The average molecular weight is 383 g/mol. The first-order chi connectivity index (χ1) is 11.0. The molecule has 1 amide bonds. The minimum absolute atomic E-state index is 0.172. The van der Waals surface area contributed by atoms with Crippen LogP contribution in [0.1, 0.15) is 38.3 Å². The van der Waals surface area contributed by atoms with Crippen molar-refractivity contribution in [1.29, 1.82) is 0 Å². The number of amides is 1. The number of carbonyl (C=O) groups is 1. The maximum atomic E-state index is 11.4. The highest BCUT2D eigenvalue weighted by Crippen LogP contribution is 2.38. The monoisotopic (exact) mass is 382 g/mol. The lowest BCUT2D eigenvalue weighted by atomic mass is 10.0. The Morgan fingerprint density at radius 1 is 1.26 bits per heavy atom. The summed E-state index contributed by atoms with van der Waals surface area (Å²) in [7, 11) is 0. The molecular weight excluding hydrogens is 360 g/mol. The zero-order chi connectivity index (χ0) is 16.4. The summed E-state index contributed by atoms with van der Waals surface area (Å²) in [6.07, 6.45) is 1.98. The molecule has 0 bridgehead atoms. The van der Waals surface area contributed by atoms with Gasteiger partial charge in [0.1, 0.15) is 13.2 Å². The largest absolute Gasteiger partial charge is 0.486 e. The van der Waals surface area contributed by atoms with Crippen LogP contribution in [0.15, 0.2) is 16.6 Å². The van der Waals surface area contributed by atoms with Gasteiger partial charge in [0.25, 0.3) is 0 Å². The number of rotatable bonds is 3. The van der Waals surface area contributed by atoms with Crippen molar-refractivity contribution >= 4 is 21.8 Å². The molecule has 0 radical (unpaired) electrons. The number of hydrogen-bond acceptors (Lipinski definition) is 4. The molecule has 2 heterocycles. The SMILES string of the molecule is CC(=O)N1CCC(NC(C)c2cc3c(cc2Br)OCCO3)CC1. The Morgan fingerprint density at radius 3 is 2.48 bits per heavy atom. The maximum absolute atomic E-state index is 11.4. The highest BCUT2D eigenvalue weighted by atomic mass is 79.9.